The minimum absolute atomic E-state index is 0.0821. The van der Waals surface area contributed by atoms with Gasteiger partial charge >= 0.3 is 0 Å². The molecule has 0 aromatic heterocycles. The first-order chi connectivity index (χ1) is 31.0. The Balaban J connectivity index is 0.000000297. The van der Waals surface area contributed by atoms with Crippen molar-refractivity contribution in [3.8, 4) is 0 Å². The van der Waals surface area contributed by atoms with E-state index < -0.39 is 6.17 Å². The highest BCUT2D eigenvalue weighted by Gasteiger charge is 2.59. The summed E-state index contributed by atoms with van der Waals surface area (Å²) in [7, 11) is 0.500. The largest absolute Gasteiger partial charge is 0.295 e. The van der Waals surface area contributed by atoms with E-state index in [9.17, 15) is 8.78 Å². The maximum Gasteiger partial charge on any atom is 0.114 e. The summed E-state index contributed by atoms with van der Waals surface area (Å²) in [6.45, 7) is 74.3. The van der Waals surface area contributed by atoms with E-state index >= 15 is 0 Å². The Morgan fingerprint density at radius 2 is 0.714 bits per heavy atom. The molecule has 0 bridgehead atoms. The molecule has 0 aromatic carbocycles. The van der Waals surface area contributed by atoms with Gasteiger partial charge in [-0.2, -0.15) is 0 Å². The van der Waals surface area contributed by atoms with Gasteiger partial charge in [0.1, 0.15) is 6.17 Å². The molecule has 0 N–H and O–H groups in total. The molecule has 2 saturated carbocycles. The lowest BCUT2D eigenvalue weighted by molar-refractivity contribution is 0.0363. The summed E-state index contributed by atoms with van der Waals surface area (Å²) in [4.78, 5) is 13.2. The summed E-state index contributed by atoms with van der Waals surface area (Å²) in [6.07, 6.45) is 9.95. The smallest absolute Gasteiger partial charge is 0.114 e. The normalized spacial score (nSPS) is 31.7. The third kappa shape index (κ3) is 18.4. The molecular formula is C63H127F2N5. The molecule has 0 radical (unpaired) electrons. The second-order valence-electron chi connectivity index (χ2n) is 33.9. The zero-order chi connectivity index (χ0) is 55.1. The van der Waals surface area contributed by atoms with Crippen LogP contribution in [0.2, 0.25) is 0 Å². The maximum absolute atomic E-state index is 13.4. The summed E-state index contributed by atoms with van der Waals surface area (Å²) in [5.74, 6) is 3.06. The third-order valence-electron chi connectivity index (χ3n) is 17.1. The fourth-order valence-corrected chi connectivity index (χ4v) is 13.7. The average Bonchev–Trinajstić information content (AvgIpc) is 3.64. The average molecular weight is 993 g/mol. The molecule has 5 aliphatic heterocycles. The van der Waals surface area contributed by atoms with Crippen LogP contribution in [0, 0.1) is 44.8 Å². The van der Waals surface area contributed by atoms with Gasteiger partial charge in [0, 0.05) is 77.0 Å². The van der Waals surface area contributed by atoms with Crippen LogP contribution in [-0.4, -0.2) is 128 Å². The van der Waals surface area contributed by atoms with Crippen LogP contribution >= 0.6 is 0 Å². The fourth-order valence-electron chi connectivity index (χ4n) is 13.7. The molecule has 70 heavy (non-hydrogen) atoms. The number of nitrogens with zero attached hydrogens (tertiary/aromatic N) is 5. The zero-order valence-electron chi connectivity index (χ0n) is 53.3. The Morgan fingerprint density at radius 1 is 0.343 bits per heavy atom. The van der Waals surface area contributed by atoms with Crippen molar-refractivity contribution in [1.82, 2.24) is 24.5 Å². The Bertz CT molecular complexity index is 1360. The summed E-state index contributed by atoms with van der Waals surface area (Å²) in [6, 6.07) is 4.44. The van der Waals surface area contributed by atoms with Crippen LogP contribution < -0.4 is 0 Å². The molecule has 10 atom stereocenters. The first kappa shape index (κ1) is 65.8. The highest BCUT2D eigenvalue weighted by atomic mass is 19.1. The molecule has 0 spiro atoms. The standard InChI is InChI=1S/2C13H25N.C12H24FN.2C12H25N.CH3F/c1-12(2,3)11-10-7-9(10)8-14(11)13(4,5)6;1-12(2,3)11-8-9-7-10(9)14(11)13(4,5)6;1-11(2,3)10-7-9(13)8-14(10)12(4,5)6;2*1-11(2,3)10-8-7-9-13(10)12(4,5)6;1-2/h2*9-11H,7-8H2,1-6H3;9-10H,7-8H2,1-6H3;2*10H,7-9H2,1-6H3;1H3. The highest BCUT2D eigenvalue weighted by Crippen LogP contribution is 2.57. The number of hydrogen-bond acceptors (Lipinski definition) is 5. The van der Waals surface area contributed by atoms with E-state index in [1.807, 2.05) is 0 Å². The quantitative estimate of drug-likeness (QED) is 0.240. The highest BCUT2D eigenvalue weighted by molar-refractivity contribution is 5.12. The Morgan fingerprint density at radius 3 is 0.971 bits per heavy atom. The third-order valence-corrected chi connectivity index (χ3v) is 17.1. The Labute approximate surface area is 438 Å². The van der Waals surface area contributed by atoms with Crippen molar-refractivity contribution in [2.45, 2.75) is 329 Å². The molecule has 7 fully saturated rings. The minimum Gasteiger partial charge on any atom is -0.295 e. The van der Waals surface area contributed by atoms with Gasteiger partial charge in [0.15, 0.2) is 0 Å². The molecule has 0 aromatic rings. The number of alkyl halides is 2. The molecule has 7 heteroatoms. The summed E-state index contributed by atoms with van der Waals surface area (Å²) in [5, 5.41) is 0. The number of hydrogen-bond donors (Lipinski definition) is 0. The molecule has 5 heterocycles. The number of likely N-dealkylation sites (tertiary alicyclic amines) is 5. The lowest BCUT2D eigenvalue weighted by Crippen LogP contribution is -2.51. The SMILES string of the molecule is CC(C)(C)C1C2CC2CN1C(C)(C)C.CC(C)(C)C1CC(F)CN1C(C)(C)C.CC(C)(C)C1CC2CC2N1C(C)(C)C.CC(C)(C)C1CCCN1C(C)(C)C.CC(C)(C)C1CCCN1C(C)(C)C.CF. The number of halogens is 2. The van der Waals surface area contributed by atoms with E-state index in [1.54, 1.807) is 0 Å². The molecule has 7 rings (SSSR count). The lowest BCUT2D eigenvalue weighted by Gasteiger charge is -2.45. The molecule has 5 nitrogen and oxygen atoms in total. The number of rotatable bonds is 0. The summed E-state index contributed by atoms with van der Waals surface area (Å²) < 4.78 is 22.9. The van der Waals surface area contributed by atoms with Crippen molar-refractivity contribution in [2.24, 2.45) is 44.8 Å². The predicted octanol–water partition coefficient (Wildman–Crippen LogP) is 16.9. The van der Waals surface area contributed by atoms with Crippen LogP contribution in [0.3, 0.4) is 0 Å². The maximum atomic E-state index is 13.4. The molecule has 10 unspecified atom stereocenters. The predicted molar refractivity (Wildman–Crippen MR) is 307 cm³/mol. The number of piperidine rings is 2. The lowest BCUT2D eigenvalue weighted by atomic mass is 9.82. The summed E-state index contributed by atoms with van der Waals surface area (Å²) >= 11 is 0. The van der Waals surface area contributed by atoms with Crippen molar-refractivity contribution in [3.63, 3.8) is 0 Å². The van der Waals surface area contributed by atoms with Crippen LogP contribution in [0.5, 0.6) is 0 Å². The summed E-state index contributed by atoms with van der Waals surface area (Å²) in [5.41, 5.74) is 3.41. The Kier molecular flexibility index (Phi) is 21.7. The van der Waals surface area contributed by atoms with Crippen LogP contribution in [0.15, 0.2) is 0 Å². The molecule has 418 valence electrons. The van der Waals surface area contributed by atoms with E-state index in [0.717, 1.165) is 48.0 Å². The van der Waals surface area contributed by atoms with Crippen LogP contribution in [0.4, 0.5) is 8.78 Å². The van der Waals surface area contributed by atoms with Crippen LogP contribution in [-0.2, 0) is 0 Å². The Hall–Kier alpha value is -0.340. The van der Waals surface area contributed by atoms with Gasteiger partial charge in [0.2, 0.25) is 0 Å². The van der Waals surface area contributed by atoms with Gasteiger partial charge in [-0.05, 0) is 213 Å². The molecular weight excluding hydrogens is 865 g/mol. The van der Waals surface area contributed by atoms with Crippen LogP contribution in [0.25, 0.3) is 0 Å². The van der Waals surface area contributed by atoms with Crippen molar-refractivity contribution in [1.29, 1.82) is 0 Å². The van der Waals surface area contributed by atoms with Crippen molar-refractivity contribution < 1.29 is 8.78 Å². The van der Waals surface area contributed by atoms with Gasteiger partial charge in [-0.15, -0.1) is 0 Å². The van der Waals surface area contributed by atoms with Crippen molar-refractivity contribution in [2.75, 3.05) is 33.4 Å². The molecule has 5 saturated heterocycles. The van der Waals surface area contributed by atoms with Gasteiger partial charge < -0.3 is 0 Å². The van der Waals surface area contributed by atoms with E-state index in [-0.39, 0.29) is 11.0 Å². The molecule has 0 amide bonds. The molecule has 2 aliphatic carbocycles. The van der Waals surface area contributed by atoms with Crippen molar-refractivity contribution in [3.05, 3.63) is 0 Å². The second kappa shape index (κ2) is 23.1. The van der Waals surface area contributed by atoms with Crippen molar-refractivity contribution >= 4 is 0 Å². The number of fused-ring (bicyclic) bond motifs is 2. The van der Waals surface area contributed by atoms with Gasteiger partial charge in [0.05, 0.1) is 7.18 Å². The van der Waals surface area contributed by atoms with E-state index in [1.165, 1.54) is 64.6 Å². The fraction of sp³-hybridized carbons (Fsp3) is 1.00. The first-order valence-corrected chi connectivity index (χ1v) is 28.9. The van der Waals surface area contributed by atoms with Gasteiger partial charge in [-0.25, -0.2) is 4.39 Å². The van der Waals surface area contributed by atoms with E-state index in [0.29, 0.717) is 70.0 Å². The van der Waals surface area contributed by atoms with E-state index in [2.05, 4.69) is 232 Å². The van der Waals surface area contributed by atoms with Gasteiger partial charge in [0.25, 0.3) is 0 Å². The molecule has 7 aliphatic rings. The topological polar surface area (TPSA) is 16.2 Å². The second-order valence-corrected chi connectivity index (χ2v) is 33.9. The zero-order valence-corrected chi connectivity index (χ0v) is 53.3. The van der Waals surface area contributed by atoms with E-state index in [4.69, 9.17) is 0 Å². The van der Waals surface area contributed by atoms with Crippen LogP contribution in [0.1, 0.15) is 259 Å². The van der Waals surface area contributed by atoms with Gasteiger partial charge in [-0.3, -0.25) is 28.9 Å². The monoisotopic (exact) mass is 992 g/mol. The minimum atomic E-state index is -0.640. The first-order valence-electron chi connectivity index (χ1n) is 28.9. The van der Waals surface area contributed by atoms with Gasteiger partial charge in [-0.1, -0.05) is 104 Å².